The van der Waals surface area contributed by atoms with Crippen LogP contribution in [0.3, 0.4) is 0 Å². The highest BCUT2D eigenvalue weighted by molar-refractivity contribution is 7.13. The first kappa shape index (κ1) is 20.5. The molecule has 2 atom stereocenters. The summed E-state index contributed by atoms with van der Waals surface area (Å²) in [6.07, 6.45) is 0.960. The van der Waals surface area contributed by atoms with E-state index >= 15 is 0 Å². The fourth-order valence-electron chi connectivity index (χ4n) is 2.99. The number of quaternary nitrogens is 1. The summed E-state index contributed by atoms with van der Waals surface area (Å²) in [4.78, 5) is 14.6. The number of carbonyl (C=O) groups is 1. The Balaban J connectivity index is 1.57. The topological polar surface area (TPSA) is 72.5 Å². The Morgan fingerprint density at radius 1 is 1.29 bits per heavy atom. The Bertz CT molecular complexity index is 880. The predicted octanol–water partition coefficient (Wildman–Crippen LogP) is 3.12. The van der Waals surface area contributed by atoms with Crippen molar-refractivity contribution < 1.29 is 14.1 Å². The van der Waals surface area contributed by atoms with Crippen LogP contribution in [0.4, 0.5) is 0 Å². The summed E-state index contributed by atoms with van der Waals surface area (Å²) in [6, 6.07) is 11.3. The molecule has 8 heteroatoms. The third-order valence-corrected chi connectivity index (χ3v) is 5.47. The zero-order valence-electron chi connectivity index (χ0n) is 15.9. The minimum Gasteiger partial charge on any atom is -0.414 e. The lowest BCUT2D eigenvalue weighted by atomic mass is 10.1. The molecule has 0 saturated heterocycles. The molecule has 28 heavy (non-hydrogen) atoms. The highest BCUT2D eigenvalue weighted by Crippen LogP contribution is 2.22. The van der Waals surface area contributed by atoms with E-state index in [0.717, 1.165) is 28.3 Å². The van der Waals surface area contributed by atoms with E-state index in [0.29, 0.717) is 29.9 Å². The minimum absolute atomic E-state index is 0.0103. The Labute approximate surface area is 173 Å². The van der Waals surface area contributed by atoms with E-state index in [1.807, 2.05) is 48.7 Å². The number of halogens is 1. The van der Waals surface area contributed by atoms with Crippen molar-refractivity contribution in [3.8, 4) is 10.8 Å². The molecule has 0 radical (unpaired) electrons. The van der Waals surface area contributed by atoms with Gasteiger partial charge in [0, 0.05) is 5.02 Å². The number of thiophene rings is 1. The summed E-state index contributed by atoms with van der Waals surface area (Å²) < 4.78 is 5.77. The van der Waals surface area contributed by atoms with Crippen molar-refractivity contribution in [2.75, 3.05) is 13.1 Å². The molecule has 6 nitrogen and oxygen atoms in total. The second kappa shape index (κ2) is 9.82. The van der Waals surface area contributed by atoms with Crippen LogP contribution in [0, 0.1) is 0 Å². The van der Waals surface area contributed by atoms with Crippen LogP contribution in [0.5, 0.6) is 0 Å². The molecule has 0 aliphatic carbocycles. The molecule has 0 aliphatic heterocycles. The molecule has 1 amide bonds. The van der Waals surface area contributed by atoms with Crippen LogP contribution in [0.2, 0.25) is 5.02 Å². The number of aromatic nitrogens is 2. The van der Waals surface area contributed by atoms with Crippen molar-refractivity contribution in [3.05, 3.63) is 58.3 Å². The van der Waals surface area contributed by atoms with Crippen molar-refractivity contribution in [1.29, 1.82) is 0 Å². The lowest BCUT2D eigenvalue weighted by Gasteiger charge is -2.19. The van der Waals surface area contributed by atoms with Crippen molar-refractivity contribution in [2.45, 2.75) is 32.9 Å². The van der Waals surface area contributed by atoms with Gasteiger partial charge in [0.25, 0.3) is 17.7 Å². The summed E-state index contributed by atoms with van der Waals surface area (Å²) in [7, 11) is 0. The number of amides is 1. The van der Waals surface area contributed by atoms with Crippen LogP contribution in [0.25, 0.3) is 10.8 Å². The highest BCUT2D eigenvalue weighted by Gasteiger charge is 2.20. The normalized spacial score (nSPS) is 13.2. The molecule has 0 aliphatic rings. The van der Waals surface area contributed by atoms with Crippen LogP contribution in [-0.2, 0) is 11.3 Å². The van der Waals surface area contributed by atoms with Gasteiger partial charge >= 0.3 is 0 Å². The van der Waals surface area contributed by atoms with Crippen LogP contribution in [0.15, 0.2) is 46.2 Å². The molecule has 2 N–H and O–H groups in total. The lowest BCUT2D eigenvalue weighted by molar-refractivity contribution is -0.907. The molecule has 3 aromatic rings. The number of nitrogens with one attached hydrogen (secondary N) is 2. The third-order valence-electron chi connectivity index (χ3n) is 4.36. The van der Waals surface area contributed by atoms with Crippen molar-refractivity contribution in [2.24, 2.45) is 0 Å². The molecule has 3 rings (SSSR count). The molecule has 0 bridgehead atoms. The largest absolute Gasteiger partial charge is 0.414 e. The van der Waals surface area contributed by atoms with Gasteiger partial charge in [-0.05, 0) is 42.5 Å². The van der Waals surface area contributed by atoms with Gasteiger partial charge in [-0.3, -0.25) is 4.79 Å². The summed E-state index contributed by atoms with van der Waals surface area (Å²) >= 11 is 7.49. The average molecular weight is 420 g/mol. The van der Waals surface area contributed by atoms with Crippen LogP contribution < -0.4 is 10.2 Å². The van der Waals surface area contributed by atoms with E-state index < -0.39 is 0 Å². The zero-order chi connectivity index (χ0) is 19.9. The summed E-state index contributed by atoms with van der Waals surface area (Å²) in [5, 5.41) is 14.0. The zero-order valence-corrected chi connectivity index (χ0v) is 17.5. The molecule has 1 aromatic carbocycles. The van der Waals surface area contributed by atoms with Gasteiger partial charge in [-0.2, -0.15) is 0 Å². The van der Waals surface area contributed by atoms with Gasteiger partial charge in [-0.15, -0.1) is 21.5 Å². The number of benzene rings is 1. The Kier molecular flexibility index (Phi) is 7.19. The van der Waals surface area contributed by atoms with Gasteiger partial charge in [0.05, 0.1) is 17.5 Å². The van der Waals surface area contributed by atoms with Crippen molar-refractivity contribution in [1.82, 2.24) is 15.5 Å². The molecule has 0 spiro atoms. The first-order chi connectivity index (χ1) is 13.5. The molecule has 2 heterocycles. The fourth-order valence-corrected chi connectivity index (χ4v) is 3.76. The molecular formula is C20H24ClN4O2S+. The van der Waals surface area contributed by atoms with Gasteiger partial charge in [-0.25, -0.2) is 0 Å². The molecule has 0 saturated carbocycles. The summed E-state index contributed by atoms with van der Waals surface area (Å²) in [5.41, 5.74) is 1.02. The second-order valence-electron chi connectivity index (χ2n) is 6.67. The standard InChI is InChI=1S/C20H23ClN4O2S/c1-3-10-25(13-19-23-24-20(27-19)17-5-4-11-28-17)12-18(26)22-14(2)15-6-8-16(21)9-7-15/h4-9,11,14H,3,10,12-13H2,1-2H3,(H,22,26)/p+1/t14-/m0/s1. The van der Waals surface area contributed by atoms with E-state index in [4.69, 9.17) is 16.0 Å². The van der Waals surface area contributed by atoms with Crippen LogP contribution in [-0.4, -0.2) is 29.2 Å². The number of rotatable bonds is 9. The molecule has 148 valence electrons. The Hall–Kier alpha value is -2.22. The van der Waals surface area contributed by atoms with Gasteiger partial charge in [0.15, 0.2) is 13.1 Å². The quantitative estimate of drug-likeness (QED) is 0.559. The molecule has 0 fully saturated rings. The number of nitrogens with zero attached hydrogens (tertiary/aromatic N) is 2. The fraction of sp³-hybridized carbons (Fsp3) is 0.350. The Morgan fingerprint density at radius 3 is 2.75 bits per heavy atom. The monoisotopic (exact) mass is 419 g/mol. The van der Waals surface area contributed by atoms with E-state index in [9.17, 15) is 4.79 Å². The maximum Gasteiger partial charge on any atom is 0.275 e. The van der Waals surface area contributed by atoms with Crippen molar-refractivity contribution in [3.63, 3.8) is 0 Å². The van der Waals surface area contributed by atoms with E-state index in [-0.39, 0.29) is 11.9 Å². The van der Waals surface area contributed by atoms with Gasteiger partial charge < -0.3 is 14.6 Å². The maximum atomic E-state index is 12.5. The van der Waals surface area contributed by atoms with Crippen LogP contribution in [0.1, 0.15) is 37.8 Å². The number of hydrogen-bond donors (Lipinski definition) is 2. The molecule has 2 aromatic heterocycles. The summed E-state index contributed by atoms with van der Waals surface area (Å²) in [5.74, 6) is 1.07. The third kappa shape index (κ3) is 5.64. The first-order valence-corrected chi connectivity index (χ1v) is 10.6. The number of hydrogen-bond acceptors (Lipinski definition) is 5. The van der Waals surface area contributed by atoms with E-state index in [2.05, 4.69) is 22.4 Å². The molecule has 1 unspecified atom stereocenters. The van der Waals surface area contributed by atoms with Gasteiger partial charge in [-0.1, -0.05) is 36.7 Å². The van der Waals surface area contributed by atoms with E-state index in [1.165, 1.54) is 0 Å². The van der Waals surface area contributed by atoms with E-state index in [1.54, 1.807) is 11.3 Å². The van der Waals surface area contributed by atoms with Crippen molar-refractivity contribution >= 4 is 28.8 Å². The summed E-state index contributed by atoms with van der Waals surface area (Å²) in [6.45, 7) is 5.78. The number of carbonyl (C=O) groups excluding carboxylic acids is 1. The lowest BCUT2D eigenvalue weighted by Crippen LogP contribution is -3.12. The van der Waals surface area contributed by atoms with Gasteiger partial charge in [0.1, 0.15) is 0 Å². The average Bonchev–Trinajstić information content (AvgIpc) is 3.33. The minimum atomic E-state index is -0.0820. The SMILES string of the molecule is CCC[NH+](CC(=O)N[C@@H](C)c1ccc(Cl)cc1)Cc1nnc(-c2cccs2)o1. The van der Waals surface area contributed by atoms with Crippen LogP contribution >= 0.6 is 22.9 Å². The Morgan fingerprint density at radius 2 is 2.07 bits per heavy atom. The second-order valence-corrected chi connectivity index (χ2v) is 8.06. The maximum absolute atomic E-state index is 12.5. The predicted molar refractivity (Wildman–Crippen MR) is 110 cm³/mol. The highest BCUT2D eigenvalue weighted by atomic mass is 35.5. The first-order valence-electron chi connectivity index (χ1n) is 9.29. The van der Waals surface area contributed by atoms with Gasteiger partial charge in [0.2, 0.25) is 0 Å². The smallest absolute Gasteiger partial charge is 0.275 e. The molecular weight excluding hydrogens is 396 g/mol.